The molecular weight excluding hydrogens is 284 g/mol. The summed E-state index contributed by atoms with van der Waals surface area (Å²) in [5.74, 6) is 1.85. The summed E-state index contributed by atoms with van der Waals surface area (Å²) in [6.45, 7) is 0. The Kier molecular flexibility index (Phi) is 4.53. The van der Waals surface area contributed by atoms with Crippen LogP contribution in [0.2, 0.25) is 0 Å². The fourth-order valence-corrected chi connectivity index (χ4v) is 3.71. The number of aromatic nitrogens is 2. The van der Waals surface area contributed by atoms with Gasteiger partial charge in [0.05, 0.1) is 5.75 Å². The highest BCUT2D eigenvalue weighted by Crippen LogP contribution is 2.23. The number of nitrogens with zero attached hydrogens (tertiary/aromatic N) is 1. The first-order valence-corrected chi connectivity index (χ1v) is 8.51. The van der Waals surface area contributed by atoms with Crippen molar-refractivity contribution in [1.82, 2.24) is 9.97 Å². The average Bonchev–Trinajstić information content (AvgIpc) is 2.72. The molecule has 20 heavy (non-hydrogen) atoms. The number of hydrogen-bond donors (Lipinski definition) is 1. The minimum Gasteiger partial charge on any atom is -0.346 e. The fraction of sp³-hybridized carbons (Fsp3) is 0.375. The summed E-state index contributed by atoms with van der Waals surface area (Å²) in [5.41, 5.74) is 2.61. The molecule has 0 saturated heterocycles. The van der Waals surface area contributed by atoms with Crippen molar-refractivity contribution in [2.75, 3.05) is 0 Å². The topological polar surface area (TPSA) is 28.7 Å². The first-order valence-electron chi connectivity index (χ1n) is 7.12. The molecule has 1 heterocycles. The van der Waals surface area contributed by atoms with Gasteiger partial charge in [0.2, 0.25) is 0 Å². The fourth-order valence-electron chi connectivity index (χ4n) is 2.59. The van der Waals surface area contributed by atoms with Crippen LogP contribution in [-0.2, 0) is 18.6 Å². The Balaban J connectivity index is 1.79. The number of benzene rings is 1. The molecular formula is C16H18N2S2. The van der Waals surface area contributed by atoms with E-state index >= 15 is 0 Å². The van der Waals surface area contributed by atoms with Gasteiger partial charge in [-0.25, -0.2) is 4.98 Å². The van der Waals surface area contributed by atoms with Crippen LogP contribution in [0.5, 0.6) is 0 Å². The highest BCUT2D eigenvalue weighted by molar-refractivity contribution is 7.98. The number of aryl methyl sites for hydroxylation is 1. The summed E-state index contributed by atoms with van der Waals surface area (Å²) in [4.78, 5) is 9.37. The van der Waals surface area contributed by atoms with Gasteiger partial charge < -0.3 is 4.98 Å². The van der Waals surface area contributed by atoms with Gasteiger partial charge in [-0.3, -0.25) is 0 Å². The highest BCUT2D eigenvalue weighted by Gasteiger charge is 2.12. The van der Waals surface area contributed by atoms with Gasteiger partial charge in [-0.05, 0) is 37.8 Å². The van der Waals surface area contributed by atoms with E-state index in [4.69, 9.17) is 12.2 Å². The van der Waals surface area contributed by atoms with E-state index in [1.54, 1.807) is 11.8 Å². The minimum atomic E-state index is 0.810. The molecule has 0 fully saturated rings. The van der Waals surface area contributed by atoms with E-state index in [1.807, 2.05) is 6.07 Å². The van der Waals surface area contributed by atoms with Crippen molar-refractivity contribution in [3.8, 4) is 0 Å². The summed E-state index contributed by atoms with van der Waals surface area (Å²) in [7, 11) is 0. The van der Waals surface area contributed by atoms with Gasteiger partial charge in [0.1, 0.15) is 10.5 Å². The lowest BCUT2D eigenvalue weighted by atomic mass is 10.1. The van der Waals surface area contributed by atoms with Crippen molar-refractivity contribution in [2.45, 2.75) is 42.8 Å². The Bertz CT molecular complexity index is 635. The molecule has 1 aliphatic carbocycles. The van der Waals surface area contributed by atoms with Gasteiger partial charge >= 0.3 is 0 Å². The molecule has 1 aromatic heterocycles. The predicted molar refractivity (Wildman–Crippen MR) is 86.7 cm³/mol. The zero-order valence-corrected chi connectivity index (χ0v) is 13.0. The van der Waals surface area contributed by atoms with Crippen molar-refractivity contribution in [3.63, 3.8) is 0 Å². The highest BCUT2D eigenvalue weighted by atomic mass is 32.2. The maximum atomic E-state index is 5.48. The zero-order chi connectivity index (χ0) is 13.8. The van der Waals surface area contributed by atoms with Crippen molar-refractivity contribution < 1.29 is 0 Å². The Morgan fingerprint density at radius 1 is 1.10 bits per heavy atom. The molecule has 0 spiro atoms. The predicted octanol–water partition coefficient (Wildman–Crippen LogP) is 4.70. The van der Waals surface area contributed by atoms with E-state index in [9.17, 15) is 0 Å². The summed E-state index contributed by atoms with van der Waals surface area (Å²) >= 11 is 7.28. The van der Waals surface area contributed by atoms with E-state index in [-0.39, 0.29) is 0 Å². The minimum absolute atomic E-state index is 0.810. The third kappa shape index (κ3) is 3.30. The summed E-state index contributed by atoms with van der Waals surface area (Å²) in [6, 6.07) is 10.4. The van der Waals surface area contributed by atoms with Crippen LogP contribution in [-0.4, -0.2) is 9.97 Å². The number of hydrogen-bond acceptors (Lipinski definition) is 3. The van der Waals surface area contributed by atoms with Crippen LogP contribution in [0.1, 0.15) is 36.3 Å². The second-order valence-electron chi connectivity index (χ2n) is 5.11. The van der Waals surface area contributed by atoms with Gasteiger partial charge in [0.25, 0.3) is 0 Å². The molecule has 0 unspecified atom stereocenters. The summed E-state index contributed by atoms with van der Waals surface area (Å²) in [6.07, 6.45) is 6.00. The molecule has 3 rings (SSSR count). The summed E-state index contributed by atoms with van der Waals surface area (Å²) < 4.78 is 0.810. The maximum Gasteiger partial charge on any atom is 0.133 e. The Morgan fingerprint density at radius 3 is 2.75 bits per heavy atom. The first kappa shape index (κ1) is 13.8. The molecule has 104 valence electrons. The van der Waals surface area contributed by atoms with Gasteiger partial charge in [0, 0.05) is 16.2 Å². The molecule has 0 bridgehead atoms. The molecule has 0 saturated carbocycles. The molecule has 0 atom stereocenters. The quantitative estimate of drug-likeness (QED) is 0.506. The third-order valence-corrected chi connectivity index (χ3v) is 4.99. The van der Waals surface area contributed by atoms with E-state index < -0.39 is 0 Å². The lowest BCUT2D eigenvalue weighted by Crippen LogP contribution is -2.03. The molecule has 0 amide bonds. The van der Waals surface area contributed by atoms with Gasteiger partial charge in [-0.15, -0.1) is 11.8 Å². The molecule has 0 aliphatic heterocycles. The van der Waals surface area contributed by atoms with E-state index in [0.29, 0.717) is 0 Å². The molecule has 2 nitrogen and oxygen atoms in total. The number of thioether (sulfide) groups is 1. The Morgan fingerprint density at radius 2 is 1.90 bits per heavy atom. The third-order valence-electron chi connectivity index (χ3n) is 3.63. The number of rotatable bonds is 3. The largest absolute Gasteiger partial charge is 0.346 e. The monoisotopic (exact) mass is 302 g/mol. The number of H-pyrrole nitrogens is 1. The van der Waals surface area contributed by atoms with Crippen LogP contribution < -0.4 is 0 Å². The van der Waals surface area contributed by atoms with E-state index in [1.165, 1.54) is 35.4 Å². The SMILES string of the molecule is S=c1nc(CSc2ccccc2)[nH]c2c1CCCCC2. The maximum absolute atomic E-state index is 5.48. The normalized spacial score (nSPS) is 14.6. The lowest BCUT2D eigenvalue weighted by Gasteiger charge is -2.09. The molecule has 2 aromatic rings. The molecule has 4 heteroatoms. The van der Waals surface area contributed by atoms with Gasteiger partial charge in [-0.2, -0.15) is 0 Å². The average molecular weight is 302 g/mol. The molecule has 1 aliphatic rings. The standard InChI is InChI=1S/C16H18N2S2/c19-16-13-9-5-2-6-10-14(13)17-15(18-16)11-20-12-7-3-1-4-8-12/h1,3-4,7-8H,2,5-6,9-11H2,(H,17,18,19). The van der Waals surface area contributed by atoms with Crippen LogP contribution in [0.15, 0.2) is 35.2 Å². The van der Waals surface area contributed by atoms with Crippen LogP contribution in [0.4, 0.5) is 0 Å². The van der Waals surface area contributed by atoms with Crippen LogP contribution in [0.25, 0.3) is 0 Å². The van der Waals surface area contributed by atoms with Gasteiger partial charge in [0.15, 0.2) is 0 Å². The second kappa shape index (κ2) is 6.55. The van der Waals surface area contributed by atoms with Crippen LogP contribution in [0, 0.1) is 4.64 Å². The second-order valence-corrected chi connectivity index (χ2v) is 6.54. The number of aromatic amines is 1. The lowest BCUT2D eigenvalue weighted by molar-refractivity contribution is 0.708. The van der Waals surface area contributed by atoms with Crippen molar-refractivity contribution in [1.29, 1.82) is 0 Å². The van der Waals surface area contributed by atoms with Crippen molar-refractivity contribution >= 4 is 24.0 Å². The molecule has 0 radical (unpaired) electrons. The van der Waals surface area contributed by atoms with E-state index in [0.717, 1.165) is 29.1 Å². The van der Waals surface area contributed by atoms with Crippen LogP contribution in [0.3, 0.4) is 0 Å². The Hall–Kier alpha value is -1.13. The van der Waals surface area contributed by atoms with Crippen molar-refractivity contribution in [3.05, 3.63) is 52.1 Å². The Labute approximate surface area is 129 Å². The van der Waals surface area contributed by atoms with Crippen molar-refractivity contribution in [2.24, 2.45) is 0 Å². The number of fused-ring (bicyclic) bond motifs is 1. The van der Waals surface area contributed by atoms with Gasteiger partial charge in [-0.1, -0.05) is 36.8 Å². The first-order chi connectivity index (χ1) is 9.83. The smallest absolute Gasteiger partial charge is 0.133 e. The van der Waals surface area contributed by atoms with Crippen LogP contribution >= 0.6 is 24.0 Å². The number of nitrogens with one attached hydrogen (secondary N) is 1. The molecule has 1 N–H and O–H groups in total. The zero-order valence-electron chi connectivity index (χ0n) is 11.4. The van der Waals surface area contributed by atoms with E-state index in [2.05, 4.69) is 34.2 Å². The summed E-state index contributed by atoms with van der Waals surface area (Å²) in [5, 5.41) is 0. The molecule has 1 aromatic carbocycles.